The fraction of sp³-hybridized carbons (Fsp3) is 0.875. The van der Waals surface area contributed by atoms with Crippen LogP contribution in [0.25, 0.3) is 0 Å². The Morgan fingerprint density at radius 1 is 1.24 bits per heavy atom. The molecule has 0 aromatic carbocycles. The second kappa shape index (κ2) is 7.25. The highest BCUT2D eigenvalue weighted by molar-refractivity contribution is 5.77. The first kappa shape index (κ1) is 16.3. The first-order chi connectivity index (χ1) is 10.0. The van der Waals surface area contributed by atoms with Crippen LogP contribution in [0.15, 0.2) is 0 Å². The molecule has 120 valence electrons. The largest absolute Gasteiger partial charge is 0.466 e. The Hall–Kier alpha value is -1.10. The molecule has 0 bridgehead atoms. The smallest absolute Gasteiger partial charge is 0.306 e. The van der Waals surface area contributed by atoms with Crippen molar-refractivity contribution in [3.63, 3.8) is 0 Å². The first-order valence-electron chi connectivity index (χ1n) is 8.02. The van der Waals surface area contributed by atoms with Gasteiger partial charge in [0.05, 0.1) is 37.8 Å². The molecule has 1 saturated carbocycles. The van der Waals surface area contributed by atoms with Crippen molar-refractivity contribution in [2.45, 2.75) is 70.5 Å². The molecule has 0 aromatic rings. The summed E-state index contributed by atoms with van der Waals surface area (Å²) in [5.41, 5.74) is 0.1000. The van der Waals surface area contributed by atoms with Gasteiger partial charge in [0.2, 0.25) is 0 Å². The molecule has 0 amide bonds. The molecule has 0 N–H and O–H groups in total. The number of unbranched alkanes of at least 4 members (excludes halogenated alkanes) is 1. The van der Waals surface area contributed by atoms with Gasteiger partial charge in [0.15, 0.2) is 0 Å². The van der Waals surface area contributed by atoms with Crippen molar-refractivity contribution in [1.29, 1.82) is 0 Å². The fourth-order valence-electron chi connectivity index (χ4n) is 2.76. The van der Waals surface area contributed by atoms with E-state index in [9.17, 15) is 9.59 Å². The van der Waals surface area contributed by atoms with Gasteiger partial charge in [-0.3, -0.25) is 9.59 Å². The zero-order valence-electron chi connectivity index (χ0n) is 13.1. The molecule has 0 spiro atoms. The molecule has 21 heavy (non-hydrogen) atoms. The van der Waals surface area contributed by atoms with Gasteiger partial charge in [-0.15, -0.1) is 0 Å². The summed E-state index contributed by atoms with van der Waals surface area (Å²) in [4.78, 5) is 23.0. The summed E-state index contributed by atoms with van der Waals surface area (Å²) < 4.78 is 15.9. The third-order valence-corrected chi connectivity index (χ3v) is 4.41. The van der Waals surface area contributed by atoms with Crippen molar-refractivity contribution in [1.82, 2.24) is 0 Å². The number of ether oxygens (including phenoxy) is 3. The number of carbonyl (C=O) groups is 2. The standard InChI is InChI=1S/C16H26O5/c1-3-4-9-19-14(17)5-6-15(18)20-11-12-7-8-16(2)13(10-12)21-16/h12-13H,3-11H2,1-2H3. The van der Waals surface area contributed by atoms with Crippen LogP contribution < -0.4 is 0 Å². The van der Waals surface area contributed by atoms with Crippen LogP contribution in [0.5, 0.6) is 0 Å². The van der Waals surface area contributed by atoms with Crippen LogP contribution in [-0.4, -0.2) is 36.9 Å². The zero-order chi connectivity index (χ0) is 15.3. The molecule has 1 saturated heterocycles. The van der Waals surface area contributed by atoms with Crippen LogP contribution in [0.3, 0.4) is 0 Å². The van der Waals surface area contributed by atoms with E-state index in [2.05, 4.69) is 6.92 Å². The Morgan fingerprint density at radius 3 is 2.62 bits per heavy atom. The van der Waals surface area contributed by atoms with E-state index in [0.717, 1.165) is 32.1 Å². The molecule has 0 aromatic heterocycles. The van der Waals surface area contributed by atoms with Crippen LogP contribution in [-0.2, 0) is 23.8 Å². The molecule has 5 heteroatoms. The summed E-state index contributed by atoms with van der Waals surface area (Å²) in [5.74, 6) is -0.237. The van der Waals surface area contributed by atoms with E-state index in [1.807, 2.05) is 6.92 Å². The Balaban J connectivity index is 1.52. The second-order valence-electron chi connectivity index (χ2n) is 6.32. The topological polar surface area (TPSA) is 65.1 Å². The monoisotopic (exact) mass is 298 g/mol. The molecule has 2 fully saturated rings. The van der Waals surface area contributed by atoms with E-state index in [-0.39, 0.29) is 30.4 Å². The summed E-state index contributed by atoms with van der Waals surface area (Å²) in [6.45, 7) is 5.06. The Morgan fingerprint density at radius 2 is 1.95 bits per heavy atom. The zero-order valence-corrected chi connectivity index (χ0v) is 13.1. The Bertz CT molecular complexity index is 381. The number of esters is 2. The second-order valence-corrected chi connectivity index (χ2v) is 6.32. The van der Waals surface area contributed by atoms with Crippen LogP contribution >= 0.6 is 0 Å². The van der Waals surface area contributed by atoms with E-state index < -0.39 is 0 Å². The van der Waals surface area contributed by atoms with E-state index in [0.29, 0.717) is 25.2 Å². The molecule has 1 heterocycles. The van der Waals surface area contributed by atoms with Gasteiger partial charge in [0.1, 0.15) is 0 Å². The molecule has 2 aliphatic rings. The molecule has 0 radical (unpaired) electrons. The van der Waals surface area contributed by atoms with Gasteiger partial charge in [0.25, 0.3) is 0 Å². The number of hydrogen-bond donors (Lipinski definition) is 0. The summed E-state index contributed by atoms with van der Waals surface area (Å²) in [7, 11) is 0. The van der Waals surface area contributed by atoms with Gasteiger partial charge in [-0.1, -0.05) is 13.3 Å². The van der Waals surface area contributed by atoms with E-state index in [4.69, 9.17) is 14.2 Å². The fourth-order valence-corrected chi connectivity index (χ4v) is 2.76. The lowest BCUT2D eigenvalue weighted by Crippen LogP contribution is -2.25. The molecule has 1 aliphatic carbocycles. The number of hydrogen-bond acceptors (Lipinski definition) is 5. The summed E-state index contributed by atoms with van der Waals surface area (Å²) >= 11 is 0. The van der Waals surface area contributed by atoms with Crippen molar-refractivity contribution in [3.05, 3.63) is 0 Å². The van der Waals surface area contributed by atoms with Crippen molar-refractivity contribution in [3.8, 4) is 0 Å². The summed E-state index contributed by atoms with van der Waals surface area (Å²) in [5, 5.41) is 0. The highest BCUT2D eigenvalue weighted by atomic mass is 16.6. The van der Waals surface area contributed by atoms with Gasteiger partial charge in [-0.2, -0.15) is 0 Å². The third kappa shape index (κ3) is 4.99. The molecule has 5 nitrogen and oxygen atoms in total. The van der Waals surface area contributed by atoms with Gasteiger partial charge in [-0.05, 0) is 38.5 Å². The molecule has 3 atom stereocenters. The Kier molecular flexibility index (Phi) is 5.62. The lowest BCUT2D eigenvalue weighted by Gasteiger charge is -2.21. The van der Waals surface area contributed by atoms with E-state index >= 15 is 0 Å². The minimum Gasteiger partial charge on any atom is -0.466 e. The average Bonchev–Trinajstić information content (AvgIpc) is 3.14. The van der Waals surface area contributed by atoms with Crippen molar-refractivity contribution in [2.75, 3.05) is 13.2 Å². The predicted octanol–water partition coefficient (Wildman–Crippen LogP) is 2.61. The maximum atomic E-state index is 11.6. The van der Waals surface area contributed by atoms with Crippen molar-refractivity contribution < 1.29 is 23.8 Å². The summed E-state index contributed by atoms with van der Waals surface area (Å²) in [6, 6.07) is 0. The first-order valence-corrected chi connectivity index (χ1v) is 8.02. The minimum absolute atomic E-state index is 0.1000. The quantitative estimate of drug-likeness (QED) is 0.391. The van der Waals surface area contributed by atoms with E-state index in [1.54, 1.807) is 0 Å². The molecular formula is C16H26O5. The van der Waals surface area contributed by atoms with Crippen LogP contribution in [0.4, 0.5) is 0 Å². The lowest BCUT2D eigenvalue weighted by molar-refractivity contribution is -0.151. The highest BCUT2D eigenvalue weighted by Crippen LogP contribution is 2.49. The minimum atomic E-state index is -0.319. The molecular weight excluding hydrogens is 272 g/mol. The van der Waals surface area contributed by atoms with Gasteiger partial charge in [-0.25, -0.2) is 0 Å². The van der Waals surface area contributed by atoms with Gasteiger partial charge in [0, 0.05) is 0 Å². The summed E-state index contributed by atoms with van der Waals surface area (Å²) in [6.07, 6.45) is 5.47. The maximum Gasteiger partial charge on any atom is 0.306 e. The normalized spacial score (nSPS) is 30.4. The number of epoxide rings is 1. The average molecular weight is 298 g/mol. The highest BCUT2D eigenvalue weighted by Gasteiger charge is 2.55. The Labute approximate surface area is 126 Å². The van der Waals surface area contributed by atoms with E-state index in [1.165, 1.54) is 0 Å². The SMILES string of the molecule is CCCCOC(=O)CCC(=O)OCC1CCC2(C)OC2C1. The molecule has 2 rings (SSSR count). The van der Waals surface area contributed by atoms with Gasteiger partial charge >= 0.3 is 11.9 Å². The maximum absolute atomic E-state index is 11.6. The number of fused-ring (bicyclic) bond motifs is 1. The van der Waals surface area contributed by atoms with Crippen LogP contribution in [0.2, 0.25) is 0 Å². The molecule has 3 unspecified atom stereocenters. The third-order valence-electron chi connectivity index (χ3n) is 4.41. The van der Waals surface area contributed by atoms with Gasteiger partial charge < -0.3 is 14.2 Å². The predicted molar refractivity (Wildman–Crippen MR) is 76.7 cm³/mol. The van der Waals surface area contributed by atoms with Crippen LogP contribution in [0, 0.1) is 5.92 Å². The van der Waals surface area contributed by atoms with Crippen molar-refractivity contribution in [2.24, 2.45) is 5.92 Å². The lowest BCUT2D eigenvalue weighted by atomic mass is 9.83. The molecule has 1 aliphatic heterocycles. The van der Waals surface area contributed by atoms with Crippen LogP contribution in [0.1, 0.15) is 58.8 Å². The number of carbonyl (C=O) groups excluding carboxylic acids is 2. The van der Waals surface area contributed by atoms with Crippen molar-refractivity contribution >= 4 is 11.9 Å². The number of rotatable bonds is 8.